The van der Waals surface area contributed by atoms with Gasteiger partial charge in [-0.2, -0.15) is 0 Å². The normalized spacial score (nSPS) is 27.5. The van der Waals surface area contributed by atoms with Crippen molar-refractivity contribution in [2.75, 3.05) is 6.61 Å². The number of hydrogen-bond donors (Lipinski definition) is 1. The average molecular weight is 246 g/mol. The third-order valence-corrected chi connectivity index (χ3v) is 4.15. The van der Waals surface area contributed by atoms with Gasteiger partial charge in [0, 0.05) is 11.5 Å². The summed E-state index contributed by atoms with van der Waals surface area (Å²) in [5, 5.41) is 9.15. The van der Waals surface area contributed by atoms with E-state index in [4.69, 9.17) is 9.84 Å². The Labute approximate surface area is 107 Å². The lowest BCUT2D eigenvalue weighted by molar-refractivity contribution is -0.139. The average Bonchev–Trinajstić information content (AvgIpc) is 2.92. The fraction of sp³-hybridized carbons (Fsp3) is 0.533. The number of fused-ring (bicyclic) bond motifs is 3. The van der Waals surface area contributed by atoms with E-state index >= 15 is 0 Å². The second-order valence-electron chi connectivity index (χ2n) is 5.29. The molecule has 0 amide bonds. The lowest BCUT2D eigenvalue weighted by Crippen LogP contribution is -2.06. The summed E-state index contributed by atoms with van der Waals surface area (Å²) in [7, 11) is 0. The molecule has 0 spiro atoms. The Morgan fingerprint density at radius 1 is 1.50 bits per heavy atom. The highest BCUT2D eigenvalue weighted by Crippen LogP contribution is 2.63. The van der Waals surface area contributed by atoms with Crippen LogP contribution in [0, 0.1) is 11.8 Å². The van der Waals surface area contributed by atoms with Crippen LogP contribution in [0.4, 0.5) is 0 Å². The Bertz CT molecular complexity index is 481. The van der Waals surface area contributed by atoms with Crippen molar-refractivity contribution in [1.82, 2.24) is 0 Å². The molecule has 18 heavy (non-hydrogen) atoms. The van der Waals surface area contributed by atoms with Crippen molar-refractivity contribution in [3.8, 4) is 5.75 Å². The molecular weight excluding hydrogens is 228 g/mol. The zero-order valence-electron chi connectivity index (χ0n) is 10.6. The van der Waals surface area contributed by atoms with Crippen LogP contribution in [0.25, 0.3) is 0 Å². The molecule has 1 fully saturated rings. The van der Waals surface area contributed by atoms with Gasteiger partial charge in [0.1, 0.15) is 5.75 Å². The molecule has 0 bridgehead atoms. The molecule has 3 nitrogen and oxygen atoms in total. The van der Waals surface area contributed by atoms with Crippen LogP contribution >= 0.6 is 0 Å². The van der Waals surface area contributed by atoms with E-state index in [-0.39, 0.29) is 11.8 Å². The van der Waals surface area contributed by atoms with Gasteiger partial charge in [-0.1, -0.05) is 25.5 Å². The Morgan fingerprint density at radius 3 is 3.06 bits per heavy atom. The topological polar surface area (TPSA) is 46.5 Å². The van der Waals surface area contributed by atoms with Crippen molar-refractivity contribution in [2.45, 2.75) is 32.1 Å². The molecule has 2 aliphatic carbocycles. The first-order valence-electron chi connectivity index (χ1n) is 6.71. The first-order chi connectivity index (χ1) is 8.74. The van der Waals surface area contributed by atoms with Crippen LogP contribution in [0.5, 0.6) is 5.75 Å². The molecule has 0 heterocycles. The van der Waals surface area contributed by atoms with Gasteiger partial charge >= 0.3 is 5.97 Å². The Balaban J connectivity index is 1.82. The van der Waals surface area contributed by atoms with E-state index in [0.29, 0.717) is 5.92 Å². The van der Waals surface area contributed by atoms with Crippen LogP contribution in [0.2, 0.25) is 0 Å². The van der Waals surface area contributed by atoms with Crippen LogP contribution in [-0.4, -0.2) is 17.7 Å². The minimum absolute atomic E-state index is 0.173. The number of hydrogen-bond acceptors (Lipinski definition) is 2. The summed E-state index contributed by atoms with van der Waals surface area (Å²) in [5.74, 6) is 0.605. The first kappa shape index (κ1) is 11.6. The van der Waals surface area contributed by atoms with E-state index in [2.05, 4.69) is 13.0 Å². The molecule has 0 radical (unpaired) electrons. The van der Waals surface area contributed by atoms with E-state index < -0.39 is 5.97 Å². The molecule has 0 unspecified atom stereocenters. The number of unbranched alkanes of at least 4 members (excludes halogenated alkanes) is 1. The molecule has 1 N–H and O–H groups in total. The SMILES string of the molecule is CCCCOc1cccc2c1[C@@H]1[C@H](C2)[C@H]1C(=O)O. The smallest absolute Gasteiger partial charge is 0.307 e. The third kappa shape index (κ3) is 1.69. The monoisotopic (exact) mass is 246 g/mol. The Kier molecular flexibility index (Phi) is 2.77. The molecule has 3 rings (SSSR count). The summed E-state index contributed by atoms with van der Waals surface area (Å²) < 4.78 is 5.82. The zero-order valence-corrected chi connectivity index (χ0v) is 10.6. The largest absolute Gasteiger partial charge is 0.493 e. The van der Waals surface area contributed by atoms with Crippen LogP contribution < -0.4 is 4.74 Å². The van der Waals surface area contributed by atoms with E-state index in [9.17, 15) is 4.79 Å². The van der Waals surface area contributed by atoms with Crippen LogP contribution in [0.15, 0.2) is 18.2 Å². The molecule has 96 valence electrons. The fourth-order valence-corrected chi connectivity index (χ4v) is 3.21. The molecule has 1 aromatic rings. The highest BCUT2D eigenvalue weighted by Gasteiger charge is 2.60. The molecule has 0 saturated heterocycles. The summed E-state index contributed by atoms with van der Waals surface area (Å²) in [6, 6.07) is 6.10. The van der Waals surface area contributed by atoms with Crippen molar-refractivity contribution in [3.63, 3.8) is 0 Å². The number of carbonyl (C=O) groups is 1. The molecule has 1 aromatic carbocycles. The summed E-state index contributed by atoms with van der Waals surface area (Å²) in [4.78, 5) is 11.1. The van der Waals surface area contributed by atoms with Crippen molar-refractivity contribution in [1.29, 1.82) is 0 Å². The van der Waals surface area contributed by atoms with Gasteiger partial charge in [0.2, 0.25) is 0 Å². The molecule has 2 aliphatic rings. The Morgan fingerprint density at radius 2 is 2.33 bits per heavy atom. The highest BCUT2D eigenvalue weighted by atomic mass is 16.5. The van der Waals surface area contributed by atoms with Crippen LogP contribution in [-0.2, 0) is 11.2 Å². The summed E-state index contributed by atoms with van der Waals surface area (Å²) >= 11 is 0. The second kappa shape index (κ2) is 4.30. The van der Waals surface area contributed by atoms with Gasteiger partial charge < -0.3 is 9.84 Å². The number of ether oxygens (including phenoxy) is 1. The summed E-state index contributed by atoms with van der Waals surface area (Å²) in [5.41, 5.74) is 2.46. The standard InChI is InChI=1S/C15H18O3/c1-2-3-7-18-11-6-4-5-9-8-10-13(12(9)11)14(10)15(16)17/h4-6,10,13-14H,2-3,7-8H2,1H3,(H,16,17)/t10-,13-,14+/m0/s1. The minimum atomic E-state index is -0.654. The van der Waals surface area contributed by atoms with E-state index in [1.807, 2.05) is 12.1 Å². The fourth-order valence-electron chi connectivity index (χ4n) is 3.21. The van der Waals surface area contributed by atoms with Crippen molar-refractivity contribution >= 4 is 5.97 Å². The predicted molar refractivity (Wildman–Crippen MR) is 67.9 cm³/mol. The maximum Gasteiger partial charge on any atom is 0.307 e. The second-order valence-corrected chi connectivity index (χ2v) is 5.29. The van der Waals surface area contributed by atoms with E-state index in [0.717, 1.165) is 31.6 Å². The molecular formula is C15H18O3. The lowest BCUT2D eigenvalue weighted by atomic mass is 10.0. The van der Waals surface area contributed by atoms with Crippen molar-refractivity contribution < 1.29 is 14.6 Å². The molecule has 3 atom stereocenters. The first-order valence-corrected chi connectivity index (χ1v) is 6.71. The summed E-state index contributed by atoms with van der Waals surface area (Å²) in [6.07, 6.45) is 3.06. The molecule has 0 aliphatic heterocycles. The number of carboxylic acids is 1. The molecule has 0 aromatic heterocycles. The highest BCUT2D eigenvalue weighted by molar-refractivity contribution is 5.78. The van der Waals surface area contributed by atoms with Gasteiger partial charge in [-0.15, -0.1) is 0 Å². The van der Waals surface area contributed by atoms with Gasteiger partial charge in [-0.25, -0.2) is 0 Å². The van der Waals surface area contributed by atoms with E-state index in [1.165, 1.54) is 11.1 Å². The molecule has 3 heteroatoms. The number of benzene rings is 1. The minimum Gasteiger partial charge on any atom is -0.493 e. The van der Waals surface area contributed by atoms with Gasteiger partial charge in [0.05, 0.1) is 12.5 Å². The van der Waals surface area contributed by atoms with Crippen LogP contribution in [0.1, 0.15) is 36.8 Å². The van der Waals surface area contributed by atoms with Crippen molar-refractivity contribution in [2.24, 2.45) is 11.8 Å². The lowest BCUT2D eigenvalue weighted by Gasteiger charge is -2.12. The number of aliphatic carboxylic acids is 1. The maximum atomic E-state index is 11.1. The summed E-state index contributed by atoms with van der Waals surface area (Å²) in [6.45, 7) is 2.86. The number of rotatable bonds is 5. The van der Waals surface area contributed by atoms with Gasteiger partial charge in [0.25, 0.3) is 0 Å². The quantitative estimate of drug-likeness (QED) is 0.813. The number of carboxylic acid groups (broad SMARTS) is 1. The Hall–Kier alpha value is -1.51. The zero-order chi connectivity index (χ0) is 12.7. The third-order valence-electron chi connectivity index (χ3n) is 4.15. The predicted octanol–water partition coefficient (Wildman–Crippen LogP) is 2.84. The van der Waals surface area contributed by atoms with Gasteiger partial charge in [0.15, 0.2) is 0 Å². The van der Waals surface area contributed by atoms with Crippen LogP contribution in [0.3, 0.4) is 0 Å². The van der Waals surface area contributed by atoms with E-state index in [1.54, 1.807) is 0 Å². The van der Waals surface area contributed by atoms with Gasteiger partial charge in [-0.05, 0) is 30.4 Å². The van der Waals surface area contributed by atoms with Gasteiger partial charge in [-0.3, -0.25) is 4.79 Å². The maximum absolute atomic E-state index is 11.1. The molecule has 1 saturated carbocycles. The van der Waals surface area contributed by atoms with Crippen molar-refractivity contribution in [3.05, 3.63) is 29.3 Å².